The van der Waals surface area contributed by atoms with Crippen LogP contribution in [0.15, 0.2) is 30.3 Å². The molecule has 18 heavy (non-hydrogen) atoms. The highest BCUT2D eigenvalue weighted by atomic mass is 32.2. The fourth-order valence-electron chi connectivity index (χ4n) is 2.03. The van der Waals surface area contributed by atoms with E-state index < -0.39 is 0 Å². The number of thioether (sulfide) groups is 1. The summed E-state index contributed by atoms with van der Waals surface area (Å²) >= 11 is 6.95. The minimum absolute atomic E-state index is 0.269. The fourth-order valence-corrected chi connectivity index (χ4v) is 2.90. The summed E-state index contributed by atoms with van der Waals surface area (Å²) in [5, 5.41) is 0. The first-order valence-corrected chi connectivity index (χ1v) is 7.90. The molecule has 0 aliphatic heterocycles. The van der Waals surface area contributed by atoms with E-state index in [9.17, 15) is 0 Å². The van der Waals surface area contributed by atoms with Gasteiger partial charge in [0.15, 0.2) is 0 Å². The van der Waals surface area contributed by atoms with Gasteiger partial charge < -0.3 is 5.73 Å². The van der Waals surface area contributed by atoms with Crippen molar-refractivity contribution in [3.05, 3.63) is 35.9 Å². The largest absolute Gasteiger partial charge is 0.393 e. The monoisotopic (exact) mass is 282 g/mol. The van der Waals surface area contributed by atoms with E-state index in [1.165, 1.54) is 5.56 Å². The lowest BCUT2D eigenvalue weighted by molar-refractivity contribution is 0.204. The van der Waals surface area contributed by atoms with E-state index in [4.69, 9.17) is 18.0 Å². The minimum atomic E-state index is 0.269. The van der Waals surface area contributed by atoms with Crippen molar-refractivity contribution < 1.29 is 0 Å². The van der Waals surface area contributed by atoms with Crippen molar-refractivity contribution >= 4 is 29.0 Å². The van der Waals surface area contributed by atoms with E-state index in [1.54, 1.807) is 0 Å². The highest BCUT2D eigenvalue weighted by Gasteiger charge is 2.21. The summed E-state index contributed by atoms with van der Waals surface area (Å²) in [4.78, 5) is 2.94. The lowest BCUT2D eigenvalue weighted by Crippen LogP contribution is -2.36. The maximum Gasteiger partial charge on any atom is 0.0746 e. The molecule has 0 saturated carbocycles. The number of thiocarbonyl (C=S) groups is 1. The smallest absolute Gasteiger partial charge is 0.0746 e. The molecule has 0 aliphatic carbocycles. The second-order valence-corrected chi connectivity index (χ2v) is 6.00. The molecule has 2 N–H and O–H groups in total. The lowest BCUT2D eigenvalue weighted by Gasteiger charge is -2.33. The number of benzene rings is 1. The van der Waals surface area contributed by atoms with Gasteiger partial charge in [-0.15, -0.1) is 0 Å². The van der Waals surface area contributed by atoms with E-state index in [0.717, 1.165) is 12.2 Å². The van der Waals surface area contributed by atoms with Crippen LogP contribution in [0.5, 0.6) is 0 Å². The molecule has 0 aliphatic rings. The summed E-state index contributed by atoms with van der Waals surface area (Å²) in [5.74, 6) is 1.11. The van der Waals surface area contributed by atoms with E-state index in [-0.39, 0.29) is 6.04 Å². The van der Waals surface area contributed by atoms with Gasteiger partial charge in [-0.05, 0) is 25.8 Å². The maximum atomic E-state index is 5.74. The molecule has 1 aromatic carbocycles. The second-order valence-electron chi connectivity index (χ2n) is 4.57. The van der Waals surface area contributed by atoms with Crippen LogP contribution in [0, 0.1) is 0 Å². The third-order valence-corrected chi connectivity index (χ3v) is 4.16. The number of hydrogen-bond donors (Lipinski definition) is 1. The van der Waals surface area contributed by atoms with Crippen LogP contribution in [0.1, 0.15) is 24.9 Å². The number of rotatable bonds is 7. The van der Waals surface area contributed by atoms with Crippen LogP contribution in [-0.4, -0.2) is 35.0 Å². The average Bonchev–Trinajstić information content (AvgIpc) is 2.36. The zero-order chi connectivity index (χ0) is 13.5. The molecule has 1 aromatic rings. The van der Waals surface area contributed by atoms with Crippen LogP contribution < -0.4 is 5.73 Å². The van der Waals surface area contributed by atoms with Gasteiger partial charge in [0.1, 0.15) is 0 Å². The number of hydrogen-bond acceptors (Lipinski definition) is 3. The van der Waals surface area contributed by atoms with E-state index in [2.05, 4.69) is 49.4 Å². The molecule has 0 bridgehead atoms. The zero-order valence-corrected chi connectivity index (χ0v) is 12.9. The molecule has 0 amide bonds. The van der Waals surface area contributed by atoms with Gasteiger partial charge in [0.25, 0.3) is 0 Å². The van der Waals surface area contributed by atoms with Crippen molar-refractivity contribution in [3.8, 4) is 0 Å². The van der Waals surface area contributed by atoms with E-state index in [1.807, 2.05) is 17.8 Å². The van der Waals surface area contributed by atoms with Crippen LogP contribution in [0.3, 0.4) is 0 Å². The predicted molar refractivity (Wildman–Crippen MR) is 86.2 cm³/mol. The molecular weight excluding hydrogens is 260 g/mol. The SMILES string of the molecule is CSCC(C)N(C)C(CC(N)=S)c1ccccc1. The Morgan fingerprint density at radius 1 is 1.39 bits per heavy atom. The maximum absolute atomic E-state index is 5.74. The third kappa shape index (κ3) is 4.59. The van der Waals surface area contributed by atoms with Gasteiger partial charge in [-0.2, -0.15) is 11.8 Å². The highest BCUT2D eigenvalue weighted by Crippen LogP contribution is 2.25. The van der Waals surface area contributed by atoms with E-state index >= 15 is 0 Å². The Bertz CT molecular complexity index is 367. The Balaban J connectivity index is 2.88. The quantitative estimate of drug-likeness (QED) is 0.778. The Morgan fingerprint density at radius 2 is 2.00 bits per heavy atom. The molecule has 0 fully saturated rings. The molecule has 2 atom stereocenters. The molecular formula is C14H22N2S2. The van der Waals surface area contributed by atoms with Crippen molar-refractivity contribution in [2.75, 3.05) is 19.1 Å². The fraction of sp³-hybridized carbons (Fsp3) is 0.500. The highest BCUT2D eigenvalue weighted by molar-refractivity contribution is 7.98. The van der Waals surface area contributed by atoms with Gasteiger partial charge in [-0.25, -0.2) is 0 Å². The molecule has 0 saturated heterocycles. The van der Waals surface area contributed by atoms with Crippen LogP contribution in [0.4, 0.5) is 0 Å². The molecule has 1 rings (SSSR count). The Morgan fingerprint density at radius 3 is 2.50 bits per heavy atom. The molecule has 2 unspecified atom stereocenters. The average molecular weight is 282 g/mol. The molecule has 0 radical (unpaired) electrons. The first-order valence-electron chi connectivity index (χ1n) is 6.10. The number of nitrogens with two attached hydrogens (primary N) is 1. The second kappa shape index (κ2) is 7.77. The number of nitrogens with zero attached hydrogens (tertiary/aromatic N) is 1. The summed E-state index contributed by atoms with van der Waals surface area (Å²) in [6, 6.07) is 11.2. The Kier molecular flexibility index (Phi) is 6.68. The molecule has 4 heteroatoms. The van der Waals surface area contributed by atoms with Crippen molar-refractivity contribution in [2.24, 2.45) is 5.73 Å². The third-order valence-electron chi connectivity index (χ3n) is 3.17. The van der Waals surface area contributed by atoms with Crippen molar-refractivity contribution in [3.63, 3.8) is 0 Å². The first kappa shape index (κ1) is 15.5. The summed E-state index contributed by atoms with van der Waals surface area (Å²) in [5.41, 5.74) is 7.02. The van der Waals surface area contributed by atoms with Crippen molar-refractivity contribution in [1.29, 1.82) is 0 Å². The van der Waals surface area contributed by atoms with Crippen LogP contribution >= 0.6 is 24.0 Å². The normalized spacial score (nSPS) is 14.4. The van der Waals surface area contributed by atoms with Gasteiger partial charge in [-0.3, -0.25) is 4.90 Å². The van der Waals surface area contributed by atoms with Crippen molar-refractivity contribution in [2.45, 2.75) is 25.4 Å². The van der Waals surface area contributed by atoms with Crippen LogP contribution in [0.25, 0.3) is 0 Å². The van der Waals surface area contributed by atoms with Crippen LogP contribution in [0.2, 0.25) is 0 Å². The summed E-state index contributed by atoms with van der Waals surface area (Å²) < 4.78 is 0. The van der Waals surface area contributed by atoms with Gasteiger partial charge >= 0.3 is 0 Å². The Hall–Kier alpha value is -0.580. The van der Waals surface area contributed by atoms with Gasteiger partial charge in [-0.1, -0.05) is 42.5 Å². The van der Waals surface area contributed by atoms with Crippen molar-refractivity contribution in [1.82, 2.24) is 4.90 Å². The lowest BCUT2D eigenvalue weighted by atomic mass is 10.0. The molecule has 0 spiro atoms. The van der Waals surface area contributed by atoms with Gasteiger partial charge in [0.05, 0.1) is 4.99 Å². The Labute approximate surface area is 120 Å². The summed E-state index contributed by atoms with van der Waals surface area (Å²) in [7, 11) is 2.15. The predicted octanol–water partition coefficient (Wildman–Crippen LogP) is 3.09. The molecule has 0 heterocycles. The molecule has 0 aromatic heterocycles. The zero-order valence-electron chi connectivity index (χ0n) is 11.3. The van der Waals surface area contributed by atoms with Gasteiger partial charge in [0.2, 0.25) is 0 Å². The van der Waals surface area contributed by atoms with E-state index in [0.29, 0.717) is 11.0 Å². The first-order chi connectivity index (χ1) is 8.56. The molecule has 100 valence electrons. The summed E-state index contributed by atoms with van der Waals surface area (Å²) in [6.45, 7) is 2.24. The standard InChI is InChI=1S/C14H22N2S2/c1-11(10-18-3)16(2)13(9-14(15)17)12-7-5-4-6-8-12/h4-8,11,13H,9-10H2,1-3H3,(H2,15,17). The molecule has 2 nitrogen and oxygen atoms in total. The minimum Gasteiger partial charge on any atom is -0.393 e. The van der Waals surface area contributed by atoms with Crippen LogP contribution in [-0.2, 0) is 0 Å². The topological polar surface area (TPSA) is 29.3 Å². The summed E-state index contributed by atoms with van der Waals surface area (Å²) in [6.07, 6.45) is 2.87. The van der Waals surface area contributed by atoms with Gasteiger partial charge in [0, 0.05) is 24.3 Å².